The normalized spacial score (nSPS) is 11.6. The van der Waals surface area contributed by atoms with E-state index in [1.807, 2.05) is 0 Å². The molecule has 0 atom stereocenters. The van der Waals surface area contributed by atoms with Crippen LogP contribution in [0, 0.1) is 17.0 Å². The first-order chi connectivity index (χ1) is 14.7. The van der Waals surface area contributed by atoms with Crippen LogP contribution in [0.25, 0.3) is 33.7 Å². The van der Waals surface area contributed by atoms with Gasteiger partial charge in [-0.1, -0.05) is 0 Å². The number of carboxylic acid groups (broad SMARTS) is 1. The molecule has 7 nitrogen and oxygen atoms in total. The Bertz CT molecular complexity index is 1250. The summed E-state index contributed by atoms with van der Waals surface area (Å²) >= 11 is 0. The molecule has 2 N–H and O–H groups in total. The third-order valence-corrected chi connectivity index (χ3v) is 4.73. The van der Waals surface area contributed by atoms with Gasteiger partial charge >= 0.3 is 5.97 Å². The van der Waals surface area contributed by atoms with Crippen molar-refractivity contribution < 1.29 is 23.4 Å². The quantitative estimate of drug-likeness (QED) is 0.474. The van der Waals surface area contributed by atoms with Crippen molar-refractivity contribution in [3.8, 4) is 28.5 Å². The number of nitrogens with one attached hydrogen (secondary N) is 1. The molecule has 4 aromatic rings. The number of aromatic amines is 1. The summed E-state index contributed by atoms with van der Waals surface area (Å²) in [6.07, 6.45) is 3.14. The molecule has 0 unspecified atom stereocenters. The molecule has 3 aromatic heterocycles. The fourth-order valence-corrected chi connectivity index (χ4v) is 2.82. The summed E-state index contributed by atoms with van der Waals surface area (Å²) in [6, 6.07) is 8.89. The van der Waals surface area contributed by atoms with Crippen LogP contribution in [0.5, 0.6) is 5.88 Å². The van der Waals surface area contributed by atoms with Crippen LogP contribution in [-0.4, -0.2) is 37.6 Å². The zero-order valence-electron chi connectivity index (χ0n) is 16.7. The molecule has 1 aromatic carbocycles. The van der Waals surface area contributed by atoms with Gasteiger partial charge in [0.15, 0.2) is 5.82 Å². The molecule has 158 valence electrons. The van der Waals surface area contributed by atoms with Crippen LogP contribution in [0.15, 0.2) is 48.8 Å². The molecular formula is C22H18F2N4O3. The van der Waals surface area contributed by atoms with E-state index in [9.17, 15) is 13.6 Å². The molecule has 0 aliphatic carbocycles. The van der Waals surface area contributed by atoms with Crippen molar-refractivity contribution in [3.05, 3.63) is 60.4 Å². The van der Waals surface area contributed by atoms with E-state index < -0.39 is 23.0 Å². The lowest BCUT2D eigenvalue weighted by molar-refractivity contribution is -0.148. The fourth-order valence-electron chi connectivity index (χ4n) is 2.82. The zero-order chi connectivity index (χ0) is 22.2. The van der Waals surface area contributed by atoms with Crippen LogP contribution < -0.4 is 4.74 Å². The average Bonchev–Trinajstić information content (AvgIpc) is 3.17. The summed E-state index contributed by atoms with van der Waals surface area (Å²) in [7, 11) is 0. The van der Waals surface area contributed by atoms with Crippen molar-refractivity contribution in [3.63, 3.8) is 0 Å². The summed E-state index contributed by atoms with van der Waals surface area (Å²) in [5, 5.41) is 9.13. The fraction of sp³-hybridized carbons (Fsp3) is 0.182. The minimum atomic E-state index is -1.02. The molecule has 3 heterocycles. The molecule has 0 amide bonds. The standard InChI is InChI=1S/C22H18F2N4O3/c1-22(2,21(29)30)11-31-18-6-4-12(9-26-18)16-5-3-13(10-25-16)20-27-17-8-14(23)7-15(24)19(17)28-20/h3-10H,11H2,1-2H3,(H,27,28)(H,29,30). The Labute approximate surface area is 175 Å². The number of carboxylic acids is 1. The van der Waals surface area contributed by atoms with Crippen molar-refractivity contribution in [2.75, 3.05) is 6.61 Å². The van der Waals surface area contributed by atoms with E-state index in [-0.39, 0.29) is 17.6 Å². The van der Waals surface area contributed by atoms with Crippen molar-refractivity contribution in [1.29, 1.82) is 0 Å². The van der Waals surface area contributed by atoms with Gasteiger partial charge in [-0.05, 0) is 38.1 Å². The molecule has 0 bridgehead atoms. The second-order valence-corrected chi connectivity index (χ2v) is 7.66. The van der Waals surface area contributed by atoms with E-state index in [1.165, 1.54) is 6.07 Å². The van der Waals surface area contributed by atoms with Crippen LogP contribution in [0.4, 0.5) is 8.78 Å². The average molecular weight is 424 g/mol. The lowest BCUT2D eigenvalue weighted by Crippen LogP contribution is -2.30. The number of fused-ring (bicyclic) bond motifs is 1. The highest BCUT2D eigenvalue weighted by atomic mass is 19.1. The lowest BCUT2D eigenvalue weighted by atomic mass is 9.95. The first kappa shape index (κ1) is 20.4. The summed E-state index contributed by atoms with van der Waals surface area (Å²) in [4.78, 5) is 26.8. The number of carbonyl (C=O) groups is 1. The Balaban J connectivity index is 1.51. The van der Waals surface area contributed by atoms with Gasteiger partial charge in [-0.15, -0.1) is 0 Å². The monoisotopic (exact) mass is 424 g/mol. The van der Waals surface area contributed by atoms with Gasteiger partial charge in [-0.2, -0.15) is 0 Å². The molecule has 0 fully saturated rings. The van der Waals surface area contributed by atoms with Crippen LogP contribution in [0.3, 0.4) is 0 Å². The number of rotatable bonds is 6. The third kappa shape index (κ3) is 4.20. The maximum Gasteiger partial charge on any atom is 0.312 e. The first-order valence-corrected chi connectivity index (χ1v) is 9.37. The van der Waals surface area contributed by atoms with Gasteiger partial charge in [-0.3, -0.25) is 9.78 Å². The Kier molecular flexibility index (Phi) is 5.10. The number of benzene rings is 1. The van der Waals surface area contributed by atoms with Gasteiger partial charge in [0.2, 0.25) is 5.88 Å². The molecule has 0 saturated heterocycles. The third-order valence-electron chi connectivity index (χ3n) is 4.73. The first-order valence-electron chi connectivity index (χ1n) is 9.37. The number of H-pyrrole nitrogens is 1. The molecular weight excluding hydrogens is 406 g/mol. The number of imidazole rings is 1. The summed E-state index contributed by atoms with van der Waals surface area (Å²) in [5.41, 5.74) is 1.29. The maximum atomic E-state index is 13.9. The molecule has 0 spiro atoms. The predicted octanol–water partition coefficient (Wildman–Crippen LogP) is 4.45. The predicted molar refractivity (Wildman–Crippen MR) is 109 cm³/mol. The van der Waals surface area contributed by atoms with Gasteiger partial charge in [0, 0.05) is 35.7 Å². The summed E-state index contributed by atoms with van der Waals surface area (Å²) < 4.78 is 32.7. The minimum Gasteiger partial charge on any atom is -0.481 e. The summed E-state index contributed by atoms with van der Waals surface area (Å²) in [5.74, 6) is -1.68. The molecule has 31 heavy (non-hydrogen) atoms. The van der Waals surface area contributed by atoms with Gasteiger partial charge in [0.25, 0.3) is 0 Å². The number of hydrogen-bond acceptors (Lipinski definition) is 5. The molecule has 0 aliphatic rings. The highest BCUT2D eigenvalue weighted by molar-refractivity contribution is 5.80. The number of halogens is 2. The van der Waals surface area contributed by atoms with E-state index in [4.69, 9.17) is 9.84 Å². The smallest absolute Gasteiger partial charge is 0.312 e. The number of nitrogens with zero attached hydrogens (tertiary/aromatic N) is 3. The van der Waals surface area contributed by atoms with E-state index in [2.05, 4.69) is 19.9 Å². The van der Waals surface area contributed by atoms with Gasteiger partial charge in [0.05, 0.1) is 16.6 Å². The van der Waals surface area contributed by atoms with Crippen LogP contribution in [-0.2, 0) is 4.79 Å². The second-order valence-electron chi connectivity index (χ2n) is 7.66. The second kappa shape index (κ2) is 7.75. The van der Waals surface area contributed by atoms with Gasteiger partial charge < -0.3 is 14.8 Å². The highest BCUT2D eigenvalue weighted by Crippen LogP contribution is 2.25. The van der Waals surface area contributed by atoms with Crippen molar-refractivity contribution >= 4 is 17.0 Å². The van der Waals surface area contributed by atoms with E-state index in [0.29, 0.717) is 23.0 Å². The number of ether oxygens (including phenoxy) is 1. The maximum absolute atomic E-state index is 13.9. The molecule has 9 heteroatoms. The van der Waals surface area contributed by atoms with Crippen molar-refractivity contribution in [1.82, 2.24) is 19.9 Å². The molecule has 0 saturated carbocycles. The number of hydrogen-bond donors (Lipinski definition) is 2. The van der Waals surface area contributed by atoms with Crippen LogP contribution in [0.2, 0.25) is 0 Å². The molecule has 0 aliphatic heterocycles. The minimum absolute atomic E-state index is 0.0103. The Hall–Kier alpha value is -3.88. The molecule has 4 rings (SSSR count). The van der Waals surface area contributed by atoms with Crippen LogP contribution in [0.1, 0.15) is 13.8 Å². The topological polar surface area (TPSA) is 101 Å². The van der Waals surface area contributed by atoms with Crippen molar-refractivity contribution in [2.24, 2.45) is 5.41 Å². The van der Waals surface area contributed by atoms with E-state index >= 15 is 0 Å². The number of pyridine rings is 2. The Morgan fingerprint density at radius 1 is 1.10 bits per heavy atom. The van der Waals surface area contributed by atoms with Crippen molar-refractivity contribution in [2.45, 2.75) is 13.8 Å². The van der Waals surface area contributed by atoms with E-state index in [0.717, 1.165) is 11.6 Å². The number of aromatic nitrogens is 4. The SMILES string of the molecule is CC(C)(COc1ccc(-c2ccc(-c3nc4c(F)cc(F)cc4[nH]3)cn2)cn1)C(=O)O. The largest absolute Gasteiger partial charge is 0.481 e. The zero-order valence-corrected chi connectivity index (χ0v) is 16.7. The van der Waals surface area contributed by atoms with Gasteiger partial charge in [-0.25, -0.2) is 18.7 Å². The number of aliphatic carboxylic acids is 1. The van der Waals surface area contributed by atoms with Crippen LogP contribution >= 0.6 is 0 Å². The highest BCUT2D eigenvalue weighted by Gasteiger charge is 2.28. The van der Waals surface area contributed by atoms with E-state index in [1.54, 1.807) is 50.5 Å². The lowest BCUT2D eigenvalue weighted by Gasteiger charge is -2.18. The van der Waals surface area contributed by atoms with Gasteiger partial charge in [0.1, 0.15) is 23.8 Å². The Morgan fingerprint density at radius 2 is 1.84 bits per heavy atom. The Morgan fingerprint density at radius 3 is 2.48 bits per heavy atom. The summed E-state index contributed by atoms with van der Waals surface area (Å²) in [6.45, 7) is 3.13. The molecule has 0 radical (unpaired) electrons.